The van der Waals surface area contributed by atoms with Gasteiger partial charge in [0, 0.05) is 13.3 Å². The Kier molecular flexibility index (Phi) is 10.0. The van der Waals surface area contributed by atoms with E-state index in [0.717, 1.165) is 32.1 Å². The van der Waals surface area contributed by atoms with Gasteiger partial charge in [-0.2, -0.15) is 5.26 Å². The summed E-state index contributed by atoms with van der Waals surface area (Å²) in [6.07, 6.45) is 10.3. The van der Waals surface area contributed by atoms with E-state index in [4.69, 9.17) is 10.00 Å². The molecule has 3 nitrogen and oxygen atoms in total. The highest BCUT2D eigenvalue weighted by Gasteiger charge is 2.12. The minimum absolute atomic E-state index is 0.0252. The summed E-state index contributed by atoms with van der Waals surface area (Å²) in [5.74, 6) is 0.138. The third-order valence-corrected chi connectivity index (χ3v) is 2.99. The van der Waals surface area contributed by atoms with Crippen molar-refractivity contribution in [1.82, 2.24) is 0 Å². The Morgan fingerprint density at radius 2 is 2.00 bits per heavy atom. The number of ether oxygens (including phenoxy) is 1. The number of esters is 1. The standard InChI is InChI=1S/C15H25NO2/c1-13(14(2)18-15(3)17)11-9-7-5-4-6-8-10-12-16/h7,9,13-14H,4-6,8,10-11H2,1-3H3/b9-7+. The van der Waals surface area contributed by atoms with Crippen LogP contribution in [0.2, 0.25) is 0 Å². The summed E-state index contributed by atoms with van der Waals surface area (Å²) < 4.78 is 5.13. The van der Waals surface area contributed by atoms with Crippen LogP contribution in [0.15, 0.2) is 12.2 Å². The number of hydrogen-bond donors (Lipinski definition) is 0. The molecule has 0 aliphatic rings. The molecule has 0 saturated heterocycles. The second-order valence-electron chi connectivity index (χ2n) is 4.76. The average Bonchev–Trinajstić information content (AvgIpc) is 2.31. The molecule has 0 aromatic heterocycles. The monoisotopic (exact) mass is 251 g/mol. The average molecular weight is 251 g/mol. The molecule has 0 aliphatic carbocycles. The summed E-state index contributed by atoms with van der Waals surface area (Å²) in [5, 5.41) is 8.38. The Labute approximate surface area is 111 Å². The van der Waals surface area contributed by atoms with Gasteiger partial charge in [-0.3, -0.25) is 4.79 Å². The Balaban J connectivity index is 3.56. The van der Waals surface area contributed by atoms with Crippen LogP contribution in [0.5, 0.6) is 0 Å². The molecule has 3 heteroatoms. The van der Waals surface area contributed by atoms with Crippen molar-refractivity contribution in [2.24, 2.45) is 5.92 Å². The molecule has 0 fully saturated rings. The van der Waals surface area contributed by atoms with Crippen molar-refractivity contribution in [2.75, 3.05) is 0 Å². The van der Waals surface area contributed by atoms with E-state index in [1.807, 2.05) is 6.92 Å². The summed E-state index contributed by atoms with van der Waals surface area (Å²) >= 11 is 0. The maximum atomic E-state index is 10.8. The van der Waals surface area contributed by atoms with Crippen LogP contribution in [-0.4, -0.2) is 12.1 Å². The van der Waals surface area contributed by atoms with Crippen molar-refractivity contribution in [2.45, 2.75) is 65.4 Å². The van der Waals surface area contributed by atoms with Crippen molar-refractivity contribution < 1.29 is 9.53 Å². The molecule has 0 radical (unpaired) electrons. The lowest BCUT2D eigenvalue weighted by Crippen LogP contribution is -2.20. The molecule has 102 valence electrons. The summed E-state index contributed by atoms with van der Waals surface area (Å²) in [6, 6.07) is 2.15. The maximum absolute atomic E-state index is 10.8. The molecular formula is C15H25NO2. The second-order valence-corrected chi connectivity index (χ2v) is 4.76. The third-order valence-electron chi connectivity index (χ3n) is 2.99. The van der Waals surface area contributed by atoms with E-state index in [-0.39, 0.29) is 12.1 Å². The molecule has 0 N–H and O–H groups in total. The van der Waals surface area contributed by atoms with Gasteiger partial charge in [0.05, 0.1) is 6.07 Å². The Bertz CT molecular complexity index is 291. The lowest BCUT2D eigenvalue weighted by Gasteiger charge is -2.17. The molecule has 0 amide bonds. The first-order valence-electron chi connectivity index (χ1n) is 6.77. The molecule has 18 heavy (non-hydrogen) atoms. The highest BCUT2D eigenvalue weighted by molar-refractivity contribution is 5.66. The quantitative estimate of drug-likeness (QED) is 0.353. The van der Waals surface area contributed by atoms with Gasteiger partial charge in [-0.1, -0.05) is 25.5 Å². The smallest absolute Gasteiger partial charge is 0.302 e. The van der Waals surface area contributed by atoms with Crippen LogP contribution in [0, 0.1) is 17.2 Å². The Morgan fingerprint density at radius 3 is 2.61 bits per heavy atom. The van der Waals surface area contributed by atoms with E-state index < -0.39 is 0 Å². The second kappa shape index (κ2) is 10.8. The molecule has 2 atom stereocenters. The van der Waals surface area contributed by atoms with Crippen LogP contribution >= 0.6 is 0 Å². The minimum Gasteiger partial charge on any atom is -0.463 e. The van der Waals surface area contributed by atoms with E-state index in [9.17, 15) is 4.79 Å². The van der Waals surface area contributed by atoms with E-state index >= 15 is 0 Å². The van der Waals surface area contributed by atoms with E-state index in [2.05, 4.69) is 25.1 Å². The zero-order chi connectivity index (χ0) is 13.8. The normalized spacial score (nSPS) is 14.1. The highest BCUT2D eigenvalue weighted by atomic mass is 16.5. The number of carbonyl (C=O) groups excluding carboxylic acids is 1. The fourth-order valence-electron chi connectivity index (χ4n) is 1.64. The van der Waals surface area contributed by atoms with E-state index in [1.54, 1.807) is 0 Å². The molecule has 0 aromatic rings. The number of unbranched alkanes of at least 4 members (excludes halogenated alkanes) is 4. The van der Waals surface area contributed by atoms with Crippen LogP contribution in [0.25, 0.3) is 0 Å². The third kappa shape index (κ3) is 9.89. The van der Waals surface area contributed by atoms with Gasteiger partial charge in [0.25, 0.3) is 0 Å². The van der Waals surface area contributed by atoms with Gasteiger partial charge in [-0.25, -0.2) is 0 Å². The lowest BCUT2D eigenvalue weighted by atomic mass is 10.0. The van der Waals surface area contributed by atoms with Crippen LogP contribution in [0.4, 0.5) is 0 Å². The van der Waals surface area contributed by atoms with Gasteiger partial charge in [-0.15, -0.1) is 0 Å². The van der Waals surface area contributed by atoms with Gasteiger partial charge in [0.1, 0.15) is 6.10 Å². The summed E-state index contributed by atoms with van der Waals surface area (Å²) in [5.41, 5.74) is 0. The summed E-state index contributed by atoms with van der Waals surface area (Å²) in [7, 11) is 0. The number of hydrogen-bond acceptors (Lipinski definition) is 3. The van der Waals surface area contributed by atoms with Gasteiger partial charge < -0.3 is 4.74 Å². The van der Waals surface area contributed by atoms with Gasteiger partial charge in [-0.05, 0) is 38.5 Å². The van der Waals surface area contributed by atoms with Crippen LogP contribution in [-0.2, 0) is 9.53 Å². The number of nitrogens with zero attached hydrogens (tertiary/aromatic N) is 1. The Hall–Kier alpha value is -1.30. The topological polar surface area (TPSA) is 50.1 Å². The maximum Gasteiger partial charge on any atom is 0.302 e. The van der Waals surface area contributed by atoms with Crippen molar-refractivity contribution >= 4 is 5.97 Å². The molecule has 0 bridgehead atoms. The predicted molar refractivity (Wildman–Crippen MR) is 72.8 cm³/mol. The SMILES string of the molecule is CC(=O)OC(C)C(C)C/C=C/CCCCCC#N. The number of nitriles is 1. The summed E-state index contributed by atoms with van der Waals surface area (Å²) in [4.78, 5) is 10.8. The molecule has 0 spiro atoms. The summed E-state index contributed by atoms with van der Waals surface area (Å²) in [6.45, 7) is 5.47. The molecule has 0 rings (SSSR count). The van der Waals surface area contributed by atoms with Crippen LogP contribution in [0.1, 0.15) is 59.3 Å². The molecule has 2 unspecified atom stereocenters. The van der Waals surface area contributed by atoms with Crippen molar-refractivity contribution in [3.8, 4) is 6.07 Å². The van der Waals surface area contributed by atoms with E-state index in [0.29, 0.717) is 12.3 Å². The number of allylic oxidation sites excluding steroid dienone is 2. The zero-order valence-corrected chi connectivity index (χ0v) is 11.8. The molecule has 0 saturated carbocycles. The van der Waals surface area contributed by atoms with Crippen molar-refractivity contribution in [1.29, 1.82) is 5.26 Å². The van der Waals surface area contributed by atoms with E-state index in [1.165, 1.54) is 6.92 Å². The fraction of sp³-hybridized carbons (Fsp3) is 0.733. The van der Waals surface area contributed by atoms with Crippen molar-refractivity contribution in [3.05, 3.63) is 12.2 Å². The van der Waals surface area contributed by atoms with Crippen molar-refractivity contribution in [3.63, 3.8) is 0 Å². The zero-order valence-electron chi connectivity index (χ0n) is 11.8. The fourth-order valence-corrected chi connectivity index (χ4v) is 1.64. The molecule has 0 heterocycles. The van der Waals surface area contributed by atoms with Crippen LogP contribution in [0.3, 0.4) is 0 Å². The largest absolute Gasteiger partial charge is 0.463 e. The van der Waals surface area contributed by atoms with Crippen LogP contribution < -0.4 is 0 Å². The highest BCUT2D eigenvalue weighted by Crippen LogP contribution is 2.13. The molecule has 0 aliphatic heterocycles. The first-order chi connectivity index (χ1) is 8.57. The van der Waals surface area contributed by atoms with Gasteiger partial charge in [0.15, 0.2) is 0 Å². The molecule has 0 aromatic carbocycles. The number of carbonyl (C=O) groups is 1. The number of rotatable bonds is 9. The van der Waals surface area contributed by atoms with Gasteiger partial charge in [0.2, 0.25) is 0 Å². The lowest BCUT2D eigenvalue weighted by molar-refractivity contribution is -0.147. The van der Waals surface area contributed by atoms with Gasteiger partial charge >= 0.3 is 5.97 Å². The predicted octanol–water partition coefficient (Wildman–Crippen LogP) is 3.99. The minimum atomic E-state index is -0.212. The Morgan fingerprint density at radius 1 is 1.28 bits per heavy atom. The first-order valence-corrected chi connectivity index (χ1v) is 6.77. The molecular weight excluding hydrogens is 226 g/mol. The first kappa shape index (κ1) is 16.7.